The Morgan fingerprint density at radius 1 is 0.588 bits per heavy atom. The summed E-state index contributed by atoms with van der Waals surface area (Å²) in [5, 5.41) is 38.7. The van der Waals surface area contributed by atoms with E-state index in [0.717, 1.165) is 33.7 Å². The molecule has 6 aliphatic rings. The molecule has 0 amide bonds. The largest absolute Gasteiger partial charge is 0.461 e. The number of aromatic nitrogens is 8. The van der Waals surface area contributed by atoms with Gasteiger partial charge in [-0.1, -0.05) is 43.0 Å². The molecule has 16 atom stereocenters. The predicted octanol–water partition coefficient (Wildman–Crippen LogP) is 1.36. The zero-order valence-corrected chi connectivity index (χ0v) is 42.7. The Morgan fingerprint density at radius 2 is 0.975 bits per heavy atom. The number of aliphatic hydroxyl groups is 3. The summed E-state index contributed by atoms with van der Waals surface area (Å²) >= 11 is 0. The number of aliphatic hydroxyl groups excluding tert-OH is 3. The summed E-state index contributed by atoms with van der Waals surface area (Å²) in [6, 6.07) is 4.69. The van der Waals surface area contributed by atoms with Crippen molar-refractivity contribution in [2.45, 2.75) is 112 Å². The van der Waals surface area contributed by atoms with Gasteiger partial charge in [0.25, 0.3) is 22.2 Å². The molecular weight excluding hydrogens is 1080 g/mol. The van der Waals surface area contributed by atoms with Gasteiger partial charge in [0.05, 0.1) is 32.8 Å². The summed E-state index contributed by atoms with van der Waals surface area (Å²) in [5.74, 6) is -1.57. The highest BCUT2D eigenvalue weighted by Crippen LogP contribution is 2.49. The topological polar surface area (TPSA) is 442 Å². The number of ether oxygens (including phenoxy) is 6. The van der Waals surface area contributed by atoms with E-state index in [1.54, 1.807) is 6.92 Å². The predicted molar refractivity (Wildman–Crippen MR) is 262 cm³/mol. The number of halogens is 4. The van der Waals surface area contributed by atoms with Gasteiger partial charge in [0.2, 0.25) is 0 Å². The first kappa shape index (κ1) is 59.7. The number of azide groups is 3. The molecule has 0 saturated carbocycles. The minimum Gasteiger partial charge on any atom is -0.461 e. The third-order valence-corrected chi connectivity index (χ3v) is 14.9. The Morgan fingerprint density at radius 3 is 1.44 bits per heavy atom. The molecule has 0 spiro atoms. The molecular formula is C44H53F4N17O15. The molecule has 432 valence electrons. The fraction of sp³-hybridized carbons (Fsp3) is 0.636. The minimum absolute atomic E-state index is 0.0138. The summed E-state index contributed by atoms with van der Waals surface area (Å²) in [6.45, 7) is 4.93. The molecule has 4 aromatic rings. The zero-order chi connectivity index (χ0) is 58.5. The van der Waals surface area contributed by atoms with Crippen molar-refractivity contribution in [3.63, 3.8) is 0 Å². The molecule has 6 aliphatic heterocycles. The highest BCUT2D eigenvalue weighted by atomic mass is 19.1. The molecule has 0 radical (unpaired) electrons. The summed E-state index contributed by atoms with van der Waals surface area (Å²) in [4.78, 5) is 86.9. The lowest BCUT2D eigenvalue weighted by Gasteiger charge is -2.29. The van der Waals surface area contributed by atoms with Crippen molar-refractivity contribution in [2.75, 3.05) is 46.1 Å². The Bertz CT molecular complexity index is 3310. The van der Waals surface area contributed by atoms with E-state index in [-0.39, 0.29) is 44.2 Å². The van der Waals surface area contributed by atoms with Crippen molar-refractivity contribution in [3.8, 4) is 12.0 Å². The fourth-order valence-corrected chi connectivity index (χ4v) is 9.78. The Kier molecular flexibility index (Phi) is 18.1. The van der Waals surface area contributed by atoms with Crippen molar-refractivity contribution in [2.24, 2.45) is 33.1 Å². The SMILES string of the molecule is CC[C@]12COc3nc(=O)ccn3[C@H](O1)[C@H](F)[C@@H]2C.C[C@H]1[C@@H](F)[C@H](n2ccc(=O)[nH]c2=O)O[C@@]1(CO)CN=[N+]=[N-].C[C@H]1[C@@H](F)[C@H]2O[C@]1(CN=[N+]=[N-])COc1nc(=O)ccn12.[N-]=[N+]=NC[C@]1(CO)O[C@@H](n2ccc(=O)[nH]c2=O)[C@H](F)[C@@H]1O. The van der Waals surface area contributed by atoms with Crippen molar-refractivity contribution in [3.05, 3.63) is 143 Å². The minimum atomic E-state index is -2.06. The molecule has 4 bridgehead atoms. The van der Waals surface area contributed by atoms with E-state index < -0.39 is 143 Å². The van der Waals surface area contributed by atoms with E-state index in [9.17, 15) is 61.6 Å². The number of nitrogens with zero attached hydrogens (tertiary/aromatic N) is 15. The van der Waals surface area contributed by atoms with Gasteiger partial charge in [0, 0.05) is 81.5 Å². The van der Waals surface area contributed by atoms with Crippen LogP contribution in [0.25, 0.3) is 31.3 Å². The lowest BCUT2D eigenvalue weighted by atomic mass is 9.86. The van der Waals surface area contributed by atoms with Crippen LogP contribution >= 0.6 is 0 Å². The van der Waals surface area contributed by atoms with Crippen LogP contribution in [0.4, 0.5) is 17.6 Å². The summed E-state index contributed by atoms with van der Waals surface area (Å²) in [7, 11) is 0. The second-order valence-corrected chi connectivity index (χ2v) is 19.2. The third-order valence-electron chi connectivity index (χ3n) is 14.9. The van der Waals surface area contributed by atoms with E-state index in [1.165, 1.54) is 40.6 Å². The van der Waals surface area contributed by atoms with E-state index in [1.807, 2.05) is 23.8 Å². The first-order valence-electron chi connectivity index (χ1n) is 24.3. The fourth-order valence-electron chi connectivity index (χ4n) is 9.78. The maximum Gasteiger partial charge on any atom is 0.330 e. The number of fused-ring (bicyclic) bond motifs is 8. The van der Waals surface area contributed by atoms with Crippen molar-refractivity contribution >= 4 is 0 Å². The third kappa shape index (κ3) is 11.3. The monoisotopic (exact) mass is 1140 g/mol. The van der Waals surface area contributed by atoms with E-state index in [2.05, 4.69) is 40.0 Å². The number of alkyl halides is 4. The number of hydrogen-bond donors (Lipinski definition) is 5. The highest BCUT2D eigenvalue weighted by molar-refractivity contribution is 5.12. The van der Waals surface area contributed by atoms with Crippen LogP contribution in [0.2, 0.25) is 0 Å². The molecule has 4 fully saturated rings. The smallest absolute Gasteiger partial charge is 0.330 e. The van der Waals surface area contributed by atoms with Crippen LogP contribution in [0, 0.1) is 17.8 Å². The van der Waals surface area contributed by atoms with Gasteiger partial charge in [-0.3, -0.25) is 47.4 Å². The molecule has 80 heavy (non-hydrogen) atoms. The Labute approximate surface area is 444 Å². The number of rotatable bonds is 11. The number of aromatic amines is 2. The number of H-pyrrole nitrogens is 2. The zero-order valence-electron chi connectivity index (χ0n) is 42.7. The second kappa shape index (κ2) is 24.2. The summed E-state index contributed by atoms with van der Waals surface area (Å²) < 4.78 is 95.2. The lowest BCUT2D eigenvalue weighted by molar-refractivity contribution is -0.122. The van der Waals surface area contributed by atoms with Crippen LogP contribution in [0.15, 0.2) is 93.2 Å². The van der Waals surface area contributed by atoms with E-state index in [4.69, 9.17) is 45.0 Å². The molecule has 0 aliphatic carbocycles. The normalized spacial score (nSPS) is 33.9. The van der Waals surface area contributed by atoms with E-state index in [0.29, 0.717) is 6.42 Å². The van der Waals surface area contributed by atoms with Crippen molar-refractivity contribution < 1.29 is 61.3 Å². The van der Waals surface area contributed by atoms with Gasteiger partial charge in [-0.15, -0.1) is 0 Å². The van der Waals surface area contributed by atoms with Gasteiger partial charge in [0.1, 0.15) is 41.7 Å². The first-order valence-corrected chi connectivity index (χ1v) is 24.3. The van der Waals surface area contributed by atoms with Crippen LogP contribution in [0.3, 0.4) is 0 Å². The number of nitrogens with one attached hydrogen (secondary N) is 2. The molecule has 36 heteroatoms. The van der Waals surface area contributed by atoms with Gasteiger partial charge in [0.15, 0.2) is 49.6 Å². The maximum absolute atomic E-state index is 14.5. The van der Waals surface area contributed by atoms with Crippen LogP contribution in [0.5, 0.6) is 12.0 Å². The molecule has 5 N–H and O–H groups in total. The highest BCUT2D eigenvalue weighted by Gasteiger charge is 2.59. The van der Waals surface area contributed by atoms with Gasteiger partial charge in [-0.05, 0) is 23.0 Å². The van der Waals surface area contributed by atoms with Crippen LogP contribution in [0.1, 0.15) is 59.0 Å². The molecule has 0 unspecified atom stereocenters. The summed E-state index contributed by atoms with van der Waals surface area (Å²) in [6.07, 6.45) is -6.85. The van der Waals surface area contributed by atoms with Crippen molar-refractivity contribution in [1.29, 1.82) is 0 Å². The summed E-state index contributed by atoms with van der Waals surface area (Å²) in [5.41, 5.74) is 16.3. The van der Waals surface area contributed by atoms with Gasteiger partial charge < -0.3 is 43.7 Å². The van der Waals surface area contributed by atoms with Crippen LogP contribution < -0.4 is 43.1 Å². The molecule has 0 aromatic carbocycles. The second-order valence-electron chi connectivity index (χ2n) is 19.2. The van der Waals surface area contributed by atoms with E-state index >= 15 is 0 Å². The molecule has 10 rings (SSSR count). The van der Waals surface area contributed by atoms with Gasteiger partial charge >= 0.3 is 23.4 Å². The molecule has 10 heterocycles. The lowest BCUT2D eigenvalue weighted by Crippen LogP contribution is -2.48. The Balaban J connectivity index is 0.000000154. The standard InChI is InChI=1S/C12H15FN2O3.C11H14FN5O4.C11H12FN5O3.C10H12FN5O5/c1-3-12-6-17-11-14-8(16)4-5-15(11)10(18-12)9(13)7(12)2;1-6-8(12)9(17-3-2-7(19)15-10(17)20)21-11(6,5-18)4-14-16-13;1-6-8(12)9-17-3-2-7(18)15-10(17)19-5-11(6,20-9)4-14-16-13;11-6-7(19)10(4-17,3-13-15-12)21-8(6)16-2-1-5(18)14-9(16)20/h4-5,7,9-10H,3,6H2,1-2H3;2-3,6,8-9,18H,4-5H2,1H3,(H,15,19,20);2-3,6,8-9H,4-5H2,1H3;1-2,6-8,17,19H,3-4H2,(H,14,18,20)/t7-,9+,10+,12+;2*6-,8+,9+,11+;6-,7+,8-,10-/m0001/s1. The molecule has 32 nitrogen and oxygen atoms in total. The molecule has 4 saturated heterocycles. The average molecular weight is 1140 g/mol. The Hall–Kier alpha value is -7.91. The first-order chi connectivity index (χ1) is 38.0. The molecule has 4 aromatic heterocycles. The van der Waals surface area contributed by atoms with Crippen LogP contribution in [-0.2, 0) is 18.9 Å². The maximum atomic E-state index is 14.5. The number of hydrogen-bond acceptors (Lipinski definition) is 20. The average Bonchev–Trinajstić information content (AvgIpc) is 4.18. The van der Waals surface area contributed by atoms with Crippen LogP contribution in [-0.4, -0.2) is 153 Å². The van der Waals surface area contributed by atoms with Gasteiger partial charge in [-0.2, -0.15) is 9.97 Å². The van der Waals surface area contributed by atoms with Crippen molar-refractivity contribution in [1.82, 2.24) is 38.2 Å². The van der Waals surface area contributed by atoms with Gasteiger partial charge in [-0.25, -0.2) is 27.2 Å². The quantitative estimate of drug-likeness (QED) is 0.0612.